The number of imidazole rings is 1. The predicted molar refractivity (Wildman–Crippen MR) is 149 cm³/mol. The normalized spacial score (nSPS) is 13.7. The van der Waals surface area contributed by atoms with Crippen molar-refractivity contribution in [1.82, 2.24) is 29.8 Å². The van der Waals surface area contributed by atoms with Crippen molar-refractivity contribution >= 4 is 28.7 Å². The number of nitrogens with zero attached hydrogens (tertiary/aromatic N) is 5. The highest BCUT2D eigenvalue weighted by atomic mass is 19.4. The molecule has 0 saturated carbocycles. The summed E-state index contributed by atoms with van der Waals surface area (Å²) in [6.07, 6.45) is 2.70. The van der Waals surface area contributed by atoms with E-state index in [1.807, 2.05) is 6.08 Å². The van der Waals surface area contributed by atoms with Crippen LogP contribution in [0.15, 0.2) is 60.6 Å². The van der Waals surface area contributed by atoms with Crippen LogP contribution >= 0.6 is 0 Å². The molecule has 1 amide bonds. The highest BCUT2D eigenvalue weighted by molar-refractivity contribution is 6.02. The summed E-state index contributed by atoms with van der Waals surface area (Å²) in [5, 5.41) is 21.6. The van der Waals surface area contributed by atoms with Crippen LogP contribution in [0.2, 0.25) is 0 Å². The number of hydrogen-bond donors (Lipinski definition) is 3. The van der Waals surface area contributed by atoms with Gasteiger partial charge in [-0.05, 0) is 74.3 Å². The number of ketones is 1. The Bertz CT molecular complexity index is 1730. The quantitative estimate of drug-likeness (QED) is 0.284. The van der Waals surface area contributed by atoms with Gasteiger partial charge in [-0.3, -0.25) is 18.7 Å². The summed E-state index contributed by atoms with van der Waals surface area (Å²) >= 11 is 0. The average Bonchev–Trinajstić information content (AvgIpc) is 3.47. The van der Waals surface area contributed by atoms with E-state index in [-0.39, 0.29) is 36.0 Å². The number of alkyl halides is 3. The standard InChI is InChI=1S/C29H27F3N8O2/c1-18-14-20(6-7-21(18)28(42)36-16-25(41)19-4-2-10-34-11-8-19)37-23-5-3-12-40-24(15-35-27(23)40)22-17-39(13-9-33)38-26(22)29(30,31)32/h3-7,12,14-15,17,34,37H,2,8,10-11,13,16H2,1H3,(H,36,42). The Hall–Kier alpha value is -4.96. The van der Waals surface area contributed by atoms with Gasteiger partial charge >= 0.3 is 6.18 Å². The Morgan fingerprint density at radius 3 is 2.81 bits per heavy atom. The topological polar surface area (TPSA) is 129 Å². The molecule has 3 N–H and O–H groups in total. The van der Waals surface area contributed by atoms with E-state index in [4.69, 9.17) is 5.26 Å². The fourth-order valence-electron chi connectivity index (χ4n) is 4.85. The van der Waals surface area contributed by atoms with Crippen molar-refractivity contribution in [1.29, 1.82) is 5.26 Å². The largest absolute Gasteiger partial charge is 0.435 e. The number of aromatic nitrogens is 4. The molecule has 13 heteroatoms. The molecule has 1 aliphatic rings. The number of carbonyl (C=O) groups excluding carboxylic acids is 2. The summed E-state index contributed by atoms with van der Waals surface area (Å²) < 4.78 is 43.6. The Morgan fingerprint density at radius 2 is 2.05 bits per heavy atom. The summed E-state index contributed by atoms with van der Waals surface area (Å²) in [4.78, 5) is 29.7. The third kappa shape index (κ3) is 6.03. The van der Waals surface area contributed by atoms with Gasteiger partial charge in [-0.15, -0.1) is 0 Å². The molecular formula is C29H27F3N8O2. The molecular weight excluding hydrogens is 549 g/mol. The summed E-state index contributed by atoms with van der Waals surface area (Å²) in [5.41, 5.74) is 2.19. The second-order valence-corrected chi connectivity index (χ2v) is 9.78. The first kappa shape index (κ1) is 28.6. The number of halogens is 3. The van der Waals surface area contributed by atoms with Crippen LogP contribution in [0.4, 0.5) is 24.5 Å². The number of benzene rings is 1. The Kier molecular flexibility index (Phi) is 8.08. The zero-order valence-corrected chi connectivity index (χ0v) is 22.6. The minimum absolute atomic E-state index is 0.0835. The first-order chi connectivity index (χ1) is 20.2. The van der Waals surface area contributed by atoms with Gasteiger partial charge in [-0.1, -0.05) is 6.08 Å². The summed E-state index contributed by atoms with van der Waals surface area (Å²) in [6.45, 7) is 2.92. The number of hydrogen-bond acceptors (Lipinski definition) is 7. The third-order valence-corrected chi connectivity index (χ3v) is 6.88. The first-order valence-corrected chi connectivity index (χ1v) is 13.2. The van der Waals surface area contributed by atoms with Crippen LogP contribution in [0.5, 0.6) is 0 Å². The van der Waals surface area contributed by atoms with Crippen molar-refractivity contribution in [3.8, 4) is 17.3 Å². The molecule has 216 valence electrons. The average molecular weight is 577 g/mol. The maximum Gasteiger partial charge on any atom is 0.435 e. The van der Waals surface area contributed by atoms with Crippen LogP contribution in [0.3, 0.4) is 0 Å². The number of nitriles is 1. The maximum atomic E-state index is 13.7. The van der Waals surface area contributed by atoms with Gasteiger partial charge in [0.1, 0.15) is 6.54 Å². The van der Waals surface area contributed by atoms with E-state index in [1.54, 1.807) is 49.5 Å². The van der Waals surface area contributed by atoms with E-state index in [1.165, 1.54) is 16.8 Å². The summed E-state index contributed by atoms with van der Waals surface area (Å²) in [6, 6.07) is 10.3. The van der Waals surface area contributed by atoms with Crippen LogP contribution in [0.1, 0.15) is 34.5 Å². The van der Waals surface area contributed by atoms with E-state index in [0.717, 1.165) is 29.8 Å². The summed E-state index contributed by atoms with van der Waals surface area (Å²) in [5.74, 6) is -0.466. The van der Waals surface area contributed by atoms with Gasteiger partial charge in [0.05, 0.1) is 35.8 Å². The molecule has 0 unspecified atom stereocenters. The van der Waals surface area contributed by atoms with Crippen LogP contribution in [0, 0.1) is 18.3 Å². The molecule has 0 bridgehead atoms. The smallest absolute Gasteiger partial charge is 0.352 e. The molecule has 0 aliphatic carbocycles. The number of nitrogens with one attached hydrogen (secondary N) is 3. The molecule has 0 spiro atoms. The Labute approximate surface area is 238 Å². The zero-order valence-electron chi connectivity index (χ0n) is 22.6. The van der Waals surface area contributed by atoms with E-state index in [0.29, 0.717) is 34.6 Å². The second-order valence-electron chi connectivity index (χ2n) is 9.78. The van der Waals surface area contributed by atoms with Crippen LogP contribution in [0.25, 0.3) is 16.9 Å². The predicted octanol–water partition coefficient (Wildman–Crippen LogP) is 4.40. The number of rotatable bonds is 8. The highest BCUT2D eigenvalue weighted by Gasteiger charge is 2.38. The number of fused-ring (bicyclic) bond motifs is 1. The van der Waals surface area contributed by atoms with Gasteiger partial charge in [0, 0.05) is 23.6 Å². The van der Waals surface area contributed by atoms with Crippen LogP contribution in [-0.4, -0.2) is 50.5 Å². The van der Waals surface area contributed by atoms with Gasteiger partial charge in [0.15, 0.2) is 17.1 Å². The van der Waals surface area contributed by atoms with Crippen molar-refractivity contribution in [2.45, 2.75) is 32.5 Å². The first-order valence-electron chi connectivity index (χ1n) is 13.2. The minimum Gasteiger partial charge on any atom is -0.352 e. The van der Waals surface area contributed by atoms with E-state index in [2.05, 4.69) is 26.0 Å². The lowest BCUT2D eigenvalue weighted by atomic mass is 10.1. The molecule has 4 aromatic rings. The second kappa shape index (κ2) is 11.9. The maximum absolute atomic E-state index is 13.7. The van der Waals surface area contributed by atoms with Crippen LogP contribution in [-0.2, 0) is 17.5 Å². The Balaban J connectivity index is 1.34. The molecule has 4 heterocycles. The molecule has 5 rings (SSSR count). The van der Waals surface area contributed by atoms with Crippen molar-refractivity contribution in [2.75, 3.05) is 25.0 Å². The van der Waals surface area contributed by atoms with Gasteiger partial charge in [0.25, 0.3) is 5.91 Å². The van der Waals surface area contributed by atoms with E-state index < -0.39 is 11.9 Å². The molecule has 42 heavy (non-hydrogen) atoms. The lowest BCUT2D eigenvalue weighted by Crippen LogP contribution is -2.31. The number of Topliss-reactive ketones (excluding diaryl/α,β-unsaturated/α-hetero) is 1. The fourth-order valence-corrected chi connectivity index (χ4v) is 4.85. The molecule has 0 saturated heterocycles. The monoisotopic (exact) mass is 576 g/mol. The zero-order chi connectivity index (χ0) is 29.9. The molecule has 1 aliphatic heterocycles. The lowest BCUT2D eigenvalue weighted by molar-refractivity contribution is -0.141. The van der Waals surface area contributed by atoms with Crippen molar-refractivity contribution in [3.05, 3.63) is 77.4 Å². The van der Waals surface area contributed by atoms with E-state index >= 15 is 0 Å². The van der Waals surface area contributed by atoms with Gasteiger partial charge in [0.2, 0.25) is 0 Å². The number of carbonyl (C=O) groups is 2. The molecule has 3 aromatic heterocycles. The number of pyridine rings is 1. The van der Waals surface area contributed by atoms with Gasteiger partial charge in [-0.25, -0.2) is 4.98 Å². The molecule has 0 atom stereocenters. The third-order valence-electron chi connectivity index (χ3n) is 6.88. The molecule has 1 aromatic carbocycles. The summed E-state index contributed by atoms with van der Waals surface area (Å²) in [7, 11) is 0. The molecule has 10 nitrogen and oxygen atoms in total. The van der Waals surface area contributed by atoms with E-state index in [9.17, 15) is 22.8 Å². The minimum atomic E-state index is -4.72. The molecule has 0 fully saturated rings. The Morgan fingerprint density at radius 1 is 1.21 bits per heavy atom. The van der Waals surface area contributed by atoms with Crippen molar-refractivity contribution < 1.29 is 22.8 Å². The van der Waals surface area contributed by atoms with Gasteiger partial charge < -0.3 is 16.0 Å². The van der Waals surface area contributed by atoms with Gasteiger partial charge in [-0.2, -0.15) is 23.5 Å². The van der Waals surface area contributed by atoms with Crippen molar-refractivity contribution in [3.63, 3.8) is 0 Å². The molecule has 0 radical (unpaired) electrons. The highest BCUT2D eigenvalue weighted by Crippen LogP contribution is 2.37. The lowest BCUT2D eigenvalue weighted by Gasteiger charge is -2.12. The number of aryl methyl sites for hydroxylation is 1. The van der Waals surface area contributed by atoms with Crippen LogP contribution < -0.4 is 16.0 Å². The van der Waals surface area contributed by atoms with Crippen molar-refractivity contribution in [2.24, 2.45) is 0 Å². The fraction of sp³-hybridized carbons (Fsp3) is 0.276. The number of anilines is 2. The SMILES string of the molecule is Cc1cc(Nc2cccn3c(-c4cn(CC#N)nc4C(F)(F)F)cnc23)ccc1C(=O)NCC(=O)C1=CCCNCC1. The number of amides is 1.